The van der Waals surface area contributed by atoms with Crippen molar-refractivity contribution in [1.82, 2.24) is 0 Å². The second-order valence-electron chi connectivity index (χ2n) is 6.77. The summed E-state index contributed by atoms with van der Waals surface area (Å²) in [4.78, 5) is 14.7. The number of carbonyl (C=O) groups is 1. The van der Waals surface area contributed by atoms with Gasteiger partial charge in [0.1, 0.15) is 5.75 Å². The van der Waals surface area contributed by atoms with Crippen molar-refractivity contribution in [3.63, 3.8) is 0 Å². The number of carbonyl (C=O) groups excluding carboxylic acids is 1. The van der Waals surface area contributed by atoms with Gasteiger partial charge in [-0.05, 0) is 50.8 Å². The van der Waals surface area contributed by atoms with Gasteiger partial charge in [0.2, 0.25) is 0 Å². The smallest absolute Gasteiger partial charge is 0.340 e. The minimum atomic E-state index is -1.05. The third kappa shape index (κ3) is 6.45. The minimum absolute atomic E-state index is 0. The van der Waals surface area contributed by atoms with E-state index in [2.05, 4.69) is 30.6 Å². The normalized spacial score (nSPS) is 15.1. The summed E-state index contributed by atoms with van der Waals surface area (Å²) in [5.74, 6) is 6.03. The molecule has 1 N–H and O–H groups in total. The van der Waals surface area contributed by atoms with Crippen LogP contribution in [-0.4, -0.2) is 30.3 Å². The monoisotopic (exact) mass is 393 g/mol. The summed E-state index contributed by atoms with van der Waals surface area (Å²) in [5.41, 5.74) is 1.75. The summed E-state index contributed by atoms with van der Waals surface area (Å²) in [5, 5.41) is 10.4. The van der Waals surface area contributed by atoms with Gasteiger partial charge >= 0.3 is 5.97 Å². The zero-order valence-electron chi connectivity index (χ0n) is 16.7. The minimum Gasteiger partial charge on any atom is -0.423 e. The van der Waals surface area contributed by atoms with E-state index >= 15 is 0 Å². The first kappa shape index (κ1) is 23.3. The van der Waals surface area contributed by atoms with E-state index in [1.54, 1.807) is 6.07 Å². The van der Waals surface area contributed by atoms with Crippen LogP contribution in [0.2, 0.25) is 0 Å². The van der Waals surface area contributed by atoms with Gasteiger partial charge in [-0.1, -0.05) is 38.0 Å². The molecule has 1 aromatic rings. The molecule has 5 heteroatoms. The van der Waals surface area contributed by atoms with Crippen molar-refractivity contribution in [3.05, 3.63) is 23.8 Å². The Morgan fingerprint density at radius 1 is 1.22 bits per heavy atom. The molecule has 0 aliphatic heterocycles. The molecule has 0 saturated heterocycles. The largest absolute Gasteiger partial charge is 0.423 e. The van der Waals surface area contributed by atoms with Crippen LogP contribution in [0.5, 0.6) is 5.75 Å². The lowest BCUT2D eigenvalue weighted by Gasteiger charge is -2.25. The first-order valence-electron chi connectivity index (χ1n) is 9.88. The van der Waals surface area contributed by atoms with Crippen LogP contribution in [0.15, 0.2) is 18.2 Å². The molecule has 0 radical (unpaired) electrons. The molecule has 0 bridgehead atoms. The number of benzene rings is 1. The molecule has 1 aromatic carbocycles. The molecule has 1 atom stereocenters. The van der Waals surface area contributed by atoms with Gasteiger partial charge in [-0.25, -0.2) is 4.79 Å². The predicted molar refractivity (Wildman–Crippen MR) is 113 cm³/mol. The predicted octanol–water partition coefficient (Wildman–Crippen LogP) is 4.56. The van der Waals surface area contributed by atoms with E-state index in [-0.39, 0.29) is 18.3 Å². The van der Waals surface area contributed by atoms with Crippen molar-refractivity contribution in [2.45, 2.75) is 65.4 Å². The highest BCUT2D eigenvalue weighted by molar-refractivity contribution is 5.85. The summed E-state index contributed by atoms with van der Waals surface area (Å²) in [6, 6.07) is 5.70. The maximum Gasteiger partial charge on any atom is 0.340 e. The van der Waals surface area contributed by atoms with Gasteiger partial charge in [-0.2, -0.15) is 0 Å². The zero-order valence-corrected chi connectivity index (χ0v) is 17.5. The fourth-order valence-electron chi connectivity index (χ4n) is 3.48. The molecular weight excluding hydrogens is 362 g/mol. The summed E-state index contributed by atoms with van der Waals surface area (Å²) in [6.07, 6.45) is 4.78. The molecular formula is C22H32ClNO3. The topological polar surface area (TPSA) is 49.8 Å². The SMILES string of the molecule is CCC#Cc1cc(N(CC)CC)ccc1OC(=O)C(O)C1CCCCC1.Cl. The Bertz CT molecular complexity index is 655. The van der Waals surface area contributed by atoms with Crippen LogP contribution >= 0.6 is 12.4 Å². The van der Waals surface area contributed by atoms with E-state index in [0.29, 0.717) is 11.3 Å². The number of halogens is 1. The average Bonchev–Trinajstić information content (AvgIpc) is 2.68. The Morgan fingerprint density at radius 3 is 2.48 bits per heavy atom. The van der Waals surface area contributed by atoms with Crippen molar-refractivity contribution in [3.8, 4) is 17.6 Å². The fraction of sp³-hybridized carbons (Fsp3) is 0.591. The number of esters is 1. The van der Waals surface area contributed by atoms with Gasteiger partial charge < -0.3 is 14.7 Å². The van der Waals surface area contributed by atoms with Crippen LogP contribution < -0.4 is 9.64 Å². The Kier molecular flexibility index (Phi) is 10.3. The zero-order chi connectivity index (χ0) is 18.9. The molecule has 0 heterocycles. The number of aliphatic hydroxyl groups excluding tert-OH is 1. The first-order chi connectivity index (χ1) is 12.6. The van der Waals surface area contributed by atoms with Crippen LogP contribution in [0.25, 0.3) is 0 Å². The highest BCUT2D eigenvalue weighted by atomic mass is 35.5. The quantitative estimate of drug-likeness (QED) is 0.437. The fourth-order valence-corrected chi connectivity index (χ4v) is 3.48. The molecule has 0 spiro atoms. The van der Waals surface area contributed by atoms with Gasteiger partial charge in [0, 0.05) is 25.2 Å². The highest BCUT2D eigenvalue weighted by Gasteiger charge is 2.29. The van der Waals surface area contributed by atoms with Crippen LogP contribution in [0, 0.1) is 17.8 Å². The van der Waals surface area contributed by atoms with Crippen LogP contribution in [0.4, 0.5) is 5.69 Å². The number of anilines is 1. The van der Waals surface area contributed by atoms with Crippen molar-refractivity contribution >= 4 is 24.1 Å². The molecule has 1 aliphatic rings. The van der Waals surface area contributed by atoms with E-state index in [1.165, 1.54) is 6.42 Å². The van der Waals surface area contributed by atoms with E-state index in [4.69, 9.17) is 4.74 Å². The number of hydrogen-bond donors (Lipinski definition) is 1. The van der Waals surface area contributed by atoms with Crippen molar-refractivity contribution < 1.29 is 14.6 Å². The molecule has 0 aromatic heterocycles. The maximum atomic E-state index is 12.4. The molecule has 27 heavy (non-hydrogen) atoms. The molecule has 1 aliphatic carbocycles. The maximum absolute atomic E-state index is 12.4. The molecule has 1 fully saturated rings. The van der Waals surface area contributed by atoms with Crippen LogP contribution in [0.1, 0.15) is 64.9 Å². The van der Waals surface area contributed by atoms with Gasteiger partial charge in [0.15, 0.2) is 6.10 Å². The van der Waals surface area contributed by atoms with E-state index in [0.717, 1.165) is 50.9 Å². The second kappa shape index (κ2) is 11.9. The summed E-state index contributed by atoms with van der Waals surface area (Å²) >= 11 is 0. The van der Waals surface area contributed by atoms with Crippen LogP contribution in [-0.2, 0) is 4.79 Å². The number of hydrogen-bond acceptors (Lipinski definition) is 4. The van der Waals surface area contributed by atoms with Crippen molar-refractivity contribution in [2.24, 2.45) is 5.92 Å². The Morgan fingerprint density at radius 2 is 1.89 bits per heavy atom. The highest BCUT2D eigenvalue weighted by Crippen LogP contribution is 2.29. The number of aliphatic hydroxyl groups is 1. The number of ether oxygens (including phenoxy) is 1. The summed E-state index contributed by atoms with van der Waals surface area (Å²) in [6.45, 7) is 8.00. The van der Waals surface area contributed by atoms with E-state index in [1.807, 2.05) is 19.1 Å². The number of nitrogens with zero attached hydrogens (tertiary/aromatic N) is 1. The Balaban J connectivity index is 0.00000364. The summed E-state index contributed by atoms with van der Waals surface area (Å²) < 4.78 is 5.55. The standard InChI is InChI=1S/C22H31NO3.ClH/c1-4-7-11-18-16-19(23(5-2)6-3)14-15-20(18)26-22(25)21(24)17-12-9-8-10-13-17;/h14-17,21,24H,4-6,8-10,12-13H2,1-3H3;1H. The Labute approximate surface area is 169 Å². The lowest BCUT2D eigenvalue weighted by molar-refractivity contribution is -0.147. The van der Waals surface area contributed by atoms with Gasteiger partial charge in [-0.15, -0.1) is 12.4 Å². The molecule has 1 unspecified atom stereocenters. The molecule has 2 rings (SSSR count). The van der Waals surface area contributed by atoms with Crippen LogP contribution in [0.3, 0.4) is 0 Å². The lowest BCUT2D eigenvalue weighted by Crippen LogP contribution is -2.34. The van der Waals surface area contributed by atoms with Crippen molar-refractivity contribution in [1.29, 1.82) is 0 Å². The Hall–Kier alpha value is -1.70. The molecule has 1 saturated carbocycles. The number of rotatable bonds is 6. The summed E-state index contributed by atoms with van der Waals surface area (Å²) in [7, 11) is 0. The lowest BCUT2D eigenvalue weighted by atomic mass is 9.85. The van der Waals surface area contributed by atoms with E-state index in [9.17, 15) is 9.90 Å². The molecule has 150 valence electrons. The third-order valence-corrected chi connectivity index (χ3v) is 5.04. The molecule has 4 nitrogen and oxygen atoms in total. The molecule has 0 amide bonds. The first-order valence-corrected chi connectivity index (χ1v) is 9.88. The van der Waals surface area contributed by atoms with Gasteiger partial charge in [0.05, 0.1) is 5.56 Å². The van der Waals surface area contributed by atoms with E-state index < -0.39 is 12.1 Å². The van der Waals surface area contributed by atoms with Crippen molar-refractivity contribution in [2.75, 3.05) is 18.0 Å². The average molecular weight is 394 g/mol. The second-order valence-corrected chi connectivity index (χ2v) is 6.77. The van der Waals surface area contributed by atoms with Gasteiger partial charge in [-0.3, -0.25) is 0 Å². The third-order valence-electron chi connectivity index (χ3n) is 5.04. The van der Waals surface area contributed by atoms with Gasteiger partial charge in [0.25, 0.3) is 0 Å².